The lowest BCUT2D eigenvalue weighted by molar-refractivity contribution is -0.137. The molecule has 0 spiro atoms. The topological polar surface area (TPSA) is 71.5 Å². The van der Waals surface area contributed by atoms with Crippen molar-refractivity contribution in [3.63, 3.8) is 0 Å². The van der Waals surface area contributed by atoms with E-state index in [0.717, 1.165) is 35.3 Å². The van der Waals surface area contributed by atoms with Crippen LogP contribution in [0.2, 0.25) is 0 Å². The highest BCUT2D eigenvalue weighted by Gasteiger charge is 2.20. The van der Waals surface area contributed by atoms with Gasteiger partial charge in [-0.15, -0.1) is 0 Å². The van der Waals surface area contributed by atoms with Crippen molar-refractivity contribution >= 4 is 11.8 Å². The van der Waals surface area contributed by atoms with Gasteiger partial charge in [-0.05, 0) is 43.9 Å². The zero-order valence-electron chi connectivity index (χ0n) is 15.8. The van der Waals surface area contributed by atoms with Crippen molar-refractivity contribution < 1.29 is 14.3 Å². The van der Waals surface area contributed by atoms with E-state index in [1.807, 2.05) is 44.2 Å². The molecule has 2 amide bonds. The molecule has 1 fully saturated rings. The lowest BCUT2D eigenvalue weighted by Crippen LogP contribution is -2.42. The largest absolute Gasteiger partial charge is 0.438 e. The van der Waals surface area contributed by atoms with Gasteiger partial charge in [0.25, 0.3) is 0 Å². The zero-order chi connectivity index (χ0) is 19.2. The van der Waals surface area contributed by atoms with E-state index in [9.17, 15) is 9.59 Å². The second kappa shape index (κ2) is 8.66. The quantitative estimate of drug-likeness (QED) is 0.851. The number of nitrogens with one attached hydrogen (secondary N) is 1. The number of nitrogens with zero attached hydrogens (tertiary/aromatic N) is 2. The second-order valence-electron chi connectivity index (χ2n) is 6.84. The van der Waals surface area contributed by atoms with Crippen LogP contribution in [0.1, 0.15) is 36.0 Å². The Labute approximate surface area is 159 Å². The first-order chi connectivity index (χ1) is 13.0. The number of piperidine rings is 1. The summed E-state index contributed by atoms with van der Waals surface area (Å²) in [6.07, 6.45) is 4.06. The van der Waals surface area contributed by atoms with E-state index in [1.165, 1.54) is 0 Å². The van der Waals surface area contributed by atoms with Crippen molar-refractivity contribution in [1.29, 1.82) is 0 Å². The molecule has 6 heteroatoms. The molecule has 3 rings (SSSR count). The number of carbonyl (C=O) groups is 2. The molecule has 1 aromatic heterocycles. The van der Waals surface area contributed by atoms with Crippen LogP contribution in [0.3, 0.4) is 0 Å². The minimum atomic E-state index is -0.174. The predicted molar refractivity (Wildman–Crippen MR) is 103 cm³/mol. The number of pyridine rings is 1. The number of rotatable bonds is 6. The van der Waals surface area contributed by atoms with Gasteiger partial charge in [0.1, 0.15) is 5.75 Å². The Morgan fingerprint density at radius 2 is 1.96 bits per heavy atom. The molecule has 0 saturated carbocycles. The number of hydrogen-bond donors (Lipinski definition) is 1. The molecule has 1 aromatic carbocycles. The number of benzene rings is 1. The van der Waals surface area contributed by atoms with Crippen LogP contribution in [0, 0.1) is 13.8 Å². The van der Waals surface area contributed by atoms with Gasteiger partial charge in [-0.1, -0.05) is 24.3 Å². The molecule has 2 aromatic rings. The molecule has 27 heavy (non-hydrogen) atoms. The normalized spacial score (nSPS) is 14.1. The van der Waals surface area contributed by atoms with Gasteiger partial charge in [0.2, 0.25) is 17.7 Å². The van der Waals surface area contributed by atoms with E-state index in [4.69, 9.17) is 4.74 Å². The molecule has 6 nitrogen and oxygen atoms in total. The predicted octanol–water partition coefficient (Wildman–Crippen LogP) is 3.12. The van der Waals surface area contributed by atoms with Gasteiger partial charge >= 0.3 is 0 Å². The fourth-order valence-electron chi connectivity index (χ4n) is 3.16. The standard InChI is InChI=1S/C21H25N3O3/c1-15-7-5-8-16(2)20(15)27-21-17(9-6-11-22-21)13-23-18(25)14-24-12-4-3-10-19(24)26/h5-9,11H,3-4,10,12-14H2,1-2H3,(H,23,25). The molecule has 0 bridgehead atoms. The van der Waals surface area contributed by atoms with Crippen molar-refractivity contribution in [1.82, 2.24) is 15.2 Å². The Morgan fingerprint density at radius 1 is 1.19 bits per heavy atom. The Bertz CT molecular complexity index is 815. The summed E-state index contributed by atoms with van der Waals surface area (Å²) in [5, 5.41) is 2.87. The van der Waals surface area contributed by atoms with Crippen LogP contribution in [0.15, 0.2) is 36.5 Å². The smallest absolute Gasteiger partial charge is 0.239 e. The zero-order valence-corrected chi connectivity index (χ0v) is 15.8. The number of ether oxygens (including phenoxy) is 1. The van der Waals surface area contributed by atoms with Gasteiger partial charge in [0.05, 0.1) is 6.54 Å². The highest BCUT2D eigenvalue weighted by molar-refractivity contribution is 5.85. The van der Waals surface area contributed by atoms with Gasteiger partial charge in [-0.2, -0.15) is 0 Å². The summed E-state index contributed by atoms with van der Waals surface area (Å²) < 4.78 is 6.04. The lowest BCUT2D eigenvalue weighted by atomic mass is 10.1. The van der Waals surface area contributed by atoms with Gasteiger partial charge < -0.3 is 15.0 Å². The van der Waals surface area contributed by atoms with E-state index < -0.39 is 0 Å². The summed E-state index contributed by atoms with van der Waals surface area (Å²) in [4.78, 5) is 30.0. The van der Waals surface area contributed by atoms with E-state index in [2.05, 4.69) is 10.3 Å². The first kappa shape index (κ1) is 18.9. The molecule has 0 atom stereocenters. The van der Waals surface area contributed by atoms with E-state index in [1.54, 1.807) is 11.1 Å². The number of likely N-dealkylation sites (tertiary alicyclic amines) is 1. The maximum absolute atomic E-state index is 12.2. The highest BCUT2D eigenvalue weighted by atomic mass is 16.5. The fraction of sp³-hybridized carbons (Fsp3) is 0.381. The minimum absolute atomic E-state index is 0.0526. The van der Waals surface area contributed by atoms with Crippen LogP contribution in [0.5, 0.6) is 11.6 Å². The van der Waals surface area contributed by atoms with Crippen LogP contribution in [-0.2, 0) is 16.1 Å². The van der Waals surface area contributed by atoms with Crippen molar-refractivity contribution in [3.8, 4) is 11.6 Å². The summed E-state index contributed by atoms with van der Waals surface area (Å²) in [6.45, 7) is 5.03. The molecule has 0 aliphatic carbocycles. The summed E-state index contributed by atoms with van der Waals surface area (Å²) in [6, 6.07) is 9.65. The first-order valence-corrected chi connectivity index (χ1v) is 9.27. The molecular weight excluding hydrogens is 342 g/mol. The van der Waals surface area contributed by atoms with Gasteiger partial charge in [-0.25, -0.2) is 4.98 Å². The third-order valence-corrected chi connectivity index (χ3v) is 4.69. The maximum atomic E-state index is 12.2. The number of amides is 2. The molecule has 1 saturated heterocycles. The SMILES string of the molecule is Cc1cccc(C)c1Oc1ncccc1CNC(=O)CN1CCCCC1=O. The Kier molecular flexibility index (Phi) is 6.06. The summed E-state index contributed by atoms with van der Waals surface area (Å²) >= 11 is 0. The molecule has 0 radical (unpaired) electrons. The summed E-state index contributed by atoms with van der Waals surface area (Å²) in [5.74, 6) is 1.14. The van der Waals surface area contributed by atoms with Crippen LogP contribution >= 0.6 is 0 Å². The molecule has 2 heterocycles. The van der Waals surface area contributed by atoms with E-state index in [0.29, 0.717) is 25.4 Å². The van der Waals surface area contributed by atoms with E-state index in [-0.39, 0.29) is 18.4 Å². The Balaban J connectivity index is 1.64. The summed E-state index contributed by atoms with van der Waals surface area (Å²) in [5.41, 5.74) is 2.84. The second-order valence-corrected chi connectivity index (χ2v) is 6.84. The molecule has 1 N–H and O–H groups in total. The van der Waals surface area contributed by atoms with Crippen LogP contribution in [0.25, 0.3) is 0 Å². The first-order valence-electron chi connectivity index (χ1n) is 9.27. The van der Waals surface area contributed by atoms with E-state index >= 15 is 0 Å². The summed E-state index contributed by atoms with van der Waals surface area (Å²) in [7, 11) is 0. The molecular formula is C21H25N3O3. The Hall–Kier alpha value is -2.89. The van der Waals surface area contributed by atoms with Crippen LogP contribution in [-0.4, -0.2) is 34.8 Å². The van der Waals surface area contributed by atoms with Crippen molar-refractivity contribution in [2.24, 2.45) is 0 Å². The number of aryl methyl sites for hydroxylation is 2. The van der Waals surface area contributed by atoms with Gasteiger partial charge in [0, 0.05) is 31.3 Å². The fourth-order valence-corrected chi connectivity index (χ4v) is 3.16. The average Bonchev–Trinajstić information content (AvgIpc) is 2.66. The van der Waals surface area contributed by atoms with Crippen molar-refractivity contribution in [3.05, 3.63) is 53.2 Å². The number of carbonyl (C=O) groups excluding carboxylic acids is 2. The monoisotopic (exact) mass is 367 g/mol. The Morgan fingerprint density at radius 3 is 2.70 bits per heavy atom. The molecule has 1 aliphatic rings. The molecule has 1 aliphatic heterocycles. The maximum Gasteiger partial charge on any atom is 0.239 e. The van der Waals surface area contributed by atoms with Crippen LogP contribution in [0.4, 0.5) is 0 Å². The number of aromatic nitrogens is 1. The van der Waals surface area contributed by atoms with Crippen molar-refractivity contribution in [2.45, 2.75) is 39.7 Å². The average molecular weight is 367 g/mol. The van der Waals surface area contributed by atoms with Gasteiger partial charge in [-0.3, -0.25) is 9.59 Å². The van der Waals surface area contributed by atoms with Crippen LogP contribution < -0.4 is 10.1 Å². The third-order valence-electron chi connectivity index (χ3n) is 4.69. The lowest BCUT2D eigenvalue weighted by Gasteiger charge is -2.26. The van der Waals surface area contributed by atoms with Gasteiger partial charge in [0.15, 0.2) is 0 Å². The molecule has 142 valence electrons. The minimum Gasteiger partial charge on any atom is -0.438 e. The molecule has 0 unspecified atom stereocenters. The third kappa shape index (κ3) is 4.84. The van der Waals surface area contributed by atoms with Crippen molar-refractivity contribution in [2.75, 3.05) is 13.1 Å². The number of para-hydroxylation sites is 1. The number of hydrogen-bond acceptors (Lipinski definition) is 4. The highest BCUT2D eigenvalue weighted by Crippen LogP contribution is 2.29.